The lowest BCUT2D eigenvalue weighted by Gasteiger charge is -2.25. The number of nitrogens with zero attached hydrogens (tertiary/aromatic N) is 2. The molecule has 0 saturated heterocycles. The van der Waals surface area contributed by atoms with Gasteiger partial charge in [0, 0.05) is 5.69 Å². The molecule has 2 amide bonds. The van der Waals surface area contributed by atoms with E-state index in [0.717, 1.165) is 22.3 Å². The van der Waals surface area contributed by atoms with Crippen LogP contribution in [0.5, 0.6) is 0 Å². The molecule has 3 aromatic rings. The summed E-state index contributed by atoms with van der Waals surface area (Å²) in [7, 11) is 0. The van der Waals surface area contributed by atoms with Crippen molar-refractivity contribution in [2.75, 3.05) is 10.6 Å². The molecule has 0 unspecified atom stereocenters. The summed E-state index contributed by atoms with van der Waals surface area (Å²) in [6, 6.07) is 14.5. The van der Waals surface area contributed by atoms with Gasteiger partial charge in [0.05, 0.1) is 17.5 Å². The Hall–Kier alpha value is -3.15. The molecule has 2 heterocycles. The lowest BCUT2D eigenvalue weighted by atomic mass is 10.1. The van der Waals surface area contributed by atoms with Gasteiger partial charge in [0.2, 0.25) is 17.8 Å². The van der Waals surface area contributed by atoms with Gasteiger partial charge in [-0.05, 0) is 30.7 Å². The van der Waals surface area contributed by atoms with Gasteiger partial charge in [-0.25, -0.2) is 4.98 Å². The minimum atomic E-state index is -0.624. The molecule has 1 aliphatic rings. The third kappa shape index (κ3) is 2.32. The van der Waals surface area contributed by atoms with Gasteiger partial charge in [-0.2, -0.15) is 0 Å². The van der Waals surface area contributed by atoms with Crippen molar-refractivity contribution in [3.05, 3.63) is 54.1 Å². The van der Waals surface area contributed by atoms with Gasteiger partial charge in [0.15, 0.2) is 0 Å². The molecule has 6 heteroatoms. The number of benzene rings is 2. The molecule has 24 heavy (non-hydrogen) atoms. The van der Waals surface area contributed by atoms with Gasteiger partial charge < -0.3 is 5.32 Å². The normalized spacial score (nSPS) is 16.5. The van der Waals surface area contributed by atoms with Crippen LogP contribution in [0.4, 0.5) is 11.6 Å². The molecular formula is C18H16N4O2. The minimum Gasteiger partial charge on any atom is -0.324 e. The number of anilines is 2. The number of aromatic nitrogens is 2. The average Bonchev–Trinajstić information content (AvgIpc) is 2.94. The number of hydrogen-bond acceptors (Lipinski definition) is 3. The van der Waals surface area contributed by atoms with Crippen LogP contribution in [0.3, 0.4) is 0 Å². The molecule has 1 aliphatic heterocycles. The van der Waals surface area contributed by atoms with Gasteiger partial charge >= 0.3 is 0 Å². The zero-order chi connectivity index (χ0) is 16.7. The Morgan fingerprint density at radius 2 is 1.96 bits per heavy atom. The van der Waals surface area contributed by atoms with Crippen LogP contribution in [0.2, 0.25) is 0 Å². The standard InChI is InChI=1S/C18H16N4O2/c1-11-6-2-3-7-12(11)19-17(24)15-10-16(23)21-18-20-13-8-4-5-9-14(13)22(15)18/h2-9,15H,10H2,1H3,(H,19,24)(H,20,21,23)/t15-/m1/s1. The summed E-state index contributed by atoms with van der Waals surface area (Å²) in [5.41, 5.74) is 3.31. The fourth-order valence-electron chi connectivity index (χ4n) is 3.03. The molecule has 6 nitrogen and oxygen atoms in total. The van der Waals surface area contributed by atoms with Crippen LogP contribution < -0.4 is 10.6 Å². The van der Waals surface area contributed by atoms with E-state index in [0.29, 0.717) is 5.95 Å². The van der Waals surface area contributed by atoms with E-state index in [1.807, 2.05) is 55.5 Å². The molecule has 1 atom stereocenters. The molecule has 120 valence electrons. The van der Waals surface area contributed by atoms with Crippen LogP contribution >= 0.6 is 0 Å². The minimum absolute atomic E-state index is 0.0884. The van der Waals surface area contributed by atoms with Crippen molar-refractivity contribution in [2.24, 2.45) is 0 Å². The summed E-state index contributed by atoms with van der Waals surface area (Å²) in [5.74, 6) is -0.0105. The molecule has 4 rings (SSSR count). The highest BCUT2D eigenvalue weighted by atomic mass is 16.2. The SMILES string of the molecule is Cc1ccccc1NC(=O)[C@H]1CC(=O)Nc2nc3ccccc3n21. The summed E-state index contributed by atoms with van der Waals surface area (Å²) >= 11 is 0. The number of hydrogen-bond donors (Lipinski definition) is 2. The monoisotopic (exact) mass is 320 g/mol. The van der Waals surface area contributed by atoms with E-state index in [4.69, 9.17) is 0 Å². The molecule has 1 aromatic heterocycles. The van der Waals surface area contributed by atoms with Gasteiger partial charge in [0.25, 0.3) is 0 Å². The van der Waals surface area contributed by atoms with E-state index in [9.17, 15) is 9.59 Å². The largest absolute Gasteiger partial charge is 0.324 e. The van der Waals surface area contributed by atoms with E-state index in [-0.39, 0.29) is 18.2 Å². The number of carbonyl (C=O) groups excluding carboxylic acids is 2. The highest BCUT2D eigenvalue weighted by Crippen LogP contribution is 2.31. The molecule has 0 bridgehead atoms. The fraction of sp³-hybridized carbons (Fsp3) is 0.167. The van der Waals surface area contributed by atoms with Crippen LogP contribution in [0.1, 0.15) is 18.0 Å². The number of fused-ring (bicyclic) bond motifs is 3. The van der Waals surface area contributed by atoms with Crippen LogP contribution in [-0.4, -0.2) is 21.4 Å². The number of amides is 2. The predicted molar refractivity (Wildman–Crippen MR) is 91.8 cm³/mol. The first-order valence-electron chi connectivity index (χ1n) is 7.77. The van der Waals surface area contributed by atoms with Crippen molar-refractivity contribution in [1.82, 2.24) is 9.55 Å². The van der Waals surface area contributed by atoms with Crippen molar-refractivity contribution in [1.29, 1.82) is 0 Å². The van der Waals surface area contributed by atoms with Crippen LogP contribution in [0.25, 0.3) is 11.0 Å². The maximum absolute atomic E-state index is 12.8. The summed E-state index contributed by atoms with van der Waals surface area (Å²) in [6.07, 6.45) is 0.0884. The summed E-state index contributed by atoms with van der Waals surface area (Å²) in [5, 5.41) is 5.67. The van der Waals surface area contributed by atoms with E-state index in [2.05, 4.69) is 15.6 Å². The van der Waals surface area contributed by atoms with E-state index in [1.54, 1.807) is 4.57 Å². The summed E-state index contributed by atoms with van der Waals surface area (Å²) in [4.78, 5) is 29.2. The highest BCUT2D eigenvalue weighted by molar-refractivity contribution is 6.03. The first-order valence-corrected chi connectivity index (χ1v) is 7.77. The first kappa shape index (κ1) is 14.4. The molecule has 0 aliphatic carbocycles. The fourth-order valence-corrected chi connectivity index (χ4v) is 3.03. The Bertz CT molecular complexity index is 961. The van der Waals surface area contributed by atoms with Crippen LogP contribution in [0.15, 0.2) is 48.5 Å². The number of para-hydroxylation sites is 3. The third-order valence-corrected chi connectivity index (χ3v) is 4.24. The van der Waals surface area contributed by atoms with E-state index < -0.39 is 6.04 Å². The maximum atomic E-state index is 12.8. The number of imidazole rings is 1. The second kappa shape index (κ2) is 5.49. The van der Waals surface area contributed by atoms with Gasteiger partial charge in [0.1, 0.15) is 6.04 Å². The van der Waals surface area contributed by atoms with E-state index in [1.165, 1.54) is 0 Å². The maximum Gasteiger partial charge on any atom is 0.248 e. The Kier molecular flexibility index (Phi) is 3.30. The lowest BCUT2D eigenvalue weighted by molar-refractivity contribution is -0.124. The van der Waals surface area contributed by atoms with Crippen LogP contribution in [-0.2, 0) is 9.59 Å². The lowest BCUT2D eigenvalue weighted by Crippen LogP contribution is -2.35. The van der Waals surface area contributed by atoms with Crippen molar-refractivity contribution in [2.45, 2.75) is 19.4 Å². The van der Waals surface area contributed by atoms with Crippen molar-refractivity contribution < 1.29 is 9.59 Å². The van der Waals surface area contributed by atoms with Gasteiger partial charge in [-0.1, -0.05) is 30.3 Å². The summed E-state index contributed by atoms with van der Waals surface area (Å²) < 4.78 is 1.80. The average molecular weight is 320 g/mol. The molecule has 0 saturated carbocycles. The zero-order valence-electron chi connectivity index (χ0n) is 13.1. The number of carbonyl (C=O) groups is 2. The topological polar surface area (TPSA) is 76.0 Å². The van der Waals surface area contributed by atoms with E-state index >= 15 is 0 Å². The smallest absolute Gasteiger partial charge is 0.248 e. The Morgan fingerprint density at radius 1 is 1.21 bits per heavy atom. The third-order valence-electron chi connectivity index (χ3n) is 4.24. The van der Waals surface area contributed by atoms with Gasteiger partial charge in [-0.15, -0.1) is 0 Å². The second-order valence-electron chi connectivity index (χ2n) is 5.87. The molecule has 0 spiro atoms. The molecule has 2 aromatic carbocycles. The zero-order valence-corrected chi connectivity index (χ0v) is 13.1. The number of nitrogens with one attached hydrogen (secondary N) is 2. The molecular weight excluding hydrogens is 304 g/mol. The molecule has 0 fully saturated rings. The number of rotatable bonds is 2. The number of aryl methyl sites for hydroxylation is 1. The quantitative estimate of drug-likeness (QED) is 0.762. The van der Waals surface area contributed by atoms with Gasteiger partial charge in [-0.3, -0.25) is 19.5 Å². The Balaban J connectivity index is 1.75. The Morgan fingerprint density at radius 3 is 2.79 bits per heavy atom. The van der Waals surface area contributed by atoms with Crippen molar-refractivity contribution in [3.8, 4) is 0 Å². The van der Waals surface area contributed by atoms with Crippen molar-refractivity contribution >= 4 is 34.5 Å². The second-order valence-corrected chi connectivity index (χ2v) is 5.87. The van der Waals surface area contributed by atoms with Crippen LogP contribution in [0, 0.1) is 6.92 Å². The first-order chi connectivity index (χ1) is 11.6. The molecule has 0 radical (unpaired) electrons. The highest BCUT2D eigenvalue weighted by Gasteiger charge is 2.32. The van der Waals surface area contributed by atoms with Crippen molar-refractivity contribution in [3.63, 3.8) is 0 Å². The molecule has 2 N–H and O–H groups in total. The Labute approximate surface area is 138 Å². The predicted octanol–water partition coefficient (Wildman–Crippen LogP) is 2.87. The summed E-state index contributed by atoms with van der Waals surface area (Å²) in [6.45, 7) is 1.93.